The molecule has 0 bridgehead atoms. The lowest BCUT2D eigenvalue weighted by Crippen LogP contribution is -2.56. The fraction of sp³-hybridized carbons (Fsp3) is 0.368. The van der Waals surface area contributed by atoms with Gasteiger partial charge in [-0.05, 0) is 24.5 Å². The van der Waals surface area contributed by atoms with E-state index in [0.717, 1.165) is 12.7 Å². The number of hydrogen-bond donors (Lipinski definition) is 0. The Balaban J connectivity index is 2.06. The van der Waals surface area contributed by atoms with E-state index in [1.807, 2.05) is 0 Å². The summed E-state index contributed by atoms with van der Waals surface area (Å²) in [6.07, 6.45) is -0.519. The van der Waals surface area contributed by atoms with Crippen LogP contribution in [0.25, 0.3) is 0 Å². The van der Waals surface area contributed by atoms with Crippen LogP contribution in [0.5, 0.6) is 0 Å². The van der Waals surface area contributed by atoms with E-state index >= 15 is 0 Å². The minimum Gasteiger partial charge on any atom is -0.356 e. The van der Waals surface area contributed by atoms with Gasteiger partial charge in [-0.2, -0.15) is 13.2 Å². The standard InChI is InChI=1S/C19H19F3N2O2/c1-26-18(19(20,21)22,15-8-3-2-4-9-15)17(25)24-12-6-10-16(24)14-7-5-11-23-13-14/h2-5,7-9,11,13,16H,6,10,12H2,1H3/t16-,18?/m1/s1. The Morgan fingerprint density at radius 1 is 1.19 bits per heavy atom. The highest BCUT2D eigenvalue weighted by Crippen LogP contribution is 2.46. The maximum atomic E-state index is 14.1. The number of nitrogens with zero attached hydrogens (tertiary/aromatic N) is 2. The van der Waals surface area contributed by atoms with Crippen molar-refractivity contribution >= 4 is 5.91 Å². The zero-order valence-corrected chi connectivity index (χ0v) is 14.2. The van der Waals surface area contributed by atoms with Gasteiger partial charge in [0.1, 0.15) is 0 Å². The van der Waals surface area contributed by atoms with Crippen molar-refractivity contribution in [1.82, 2.24) is 9.88 Å². The number of carbonyl (C=O) groups is 1. The number of carbonyl (C=O) groups excluding carboxylic acids is 1. The van der Waals surface area contributed by atoms with E-state index < -0.39 is 23.7 Å². The summed E-state index contributed by atoms with van der Waals surface area (Å²) < 4.78 is 47.2. The Kier molecular flexibility index (Phi) is 5.00. The molecule has 2 aromatic rings. The van der Waals surface area contributed by atoms with Gasteiger partial charge in [0, 0.05) is 31.6 Å². The Hall–Kier alpha value is -2.41. The number of amides is 1. The van der Waals surface area contributed by atoms with Gasteiger partial charge in [-0.1, -0.05) is 36.4 Å². The van der Waals surface area contributed by atoms with Crippen LogP contribution in [0.2, 0.25) is 0 Å². The number of aromatic nitrogens is 1. The molecule has 2 atom stereocenters. The number of rotatable bonds is 4. The van der Waals surface area contributed by atoms with E-state index in [1.165, 1.54) is 29.2 Å². The summed E-state index contributed by atoms with van der Waals surface area (Å²) >= 11 is 0. The SMILES string of the molecule is COC(C(=O)N1CCC[C@@H]1c1cccnc1)(c1ccccc1)C(F)(F)F. The monoisotopic (exact) mass is 364 g/mol. The normalized spacial score (nSPS) is 20.0. The van der Waals surface area contributed by atoms with E-state index in [-0.39, 0.29) is 12.1 Å². The van der Waals surface area contributed by atoms with Gasteiger partial charge >= 0.3 is 6.18 Å². The molecule has 7 heteroatoms. The molecule has 1 aromatic carbocycles. The van der Waals surface area contributed by atoms with Crippen LogP contribution < -0.4 is 0 Å². The topological polar surface area (TPSA) is 42.4 Å². The van der Waals surface area contributed by atoms with Crippen molar-refractivity contribution in [1.29, 1.82) is 0 Å². The van der Waals surface area contributed by atoms with Crippen LogP contribution in [0.15, 0.2) is 54.9 Å². The third-order valence-corrected chi connectivity index (χ3v) is 4.77. The zero-order valence-electron chi connectivity index (χ0n) is 14.2. The zero-order chi connectivity index (χ0) is 18.8. The Labute approximate surface area is 149 Å². The summed E-state index contributed by atoms with van der Waals surface area (Å²) in [5.74, 6) is -1.09. The first-order valence-corrected chi connectivity index (χ1v) is 8.30. The van der Waals surface area contributed by atoms with Crippen molar-refractivity contribution in [2.24, 2.45) is 0 Å². The van der Waals surface area contributed by atoms with Gasteiger partial charge in [0.25, 0.3) is 11.5 Å². The van der Waals surface area contributed by atoms with Crippen LogP contribution >= 0.6 is 0 Å². The quantitative estimate of drug-likeness (QED) is 0.828. The number of halogens is 3. The van der Waals surface area contributed by atoms with Crippen LogP contribution in [-0.2, 0) is 15.1 Å². The van der Waals surface area contributed by atoms with E-state index in [9.17, 15) is 18.0 Å². The molecule has 0 spiro atoms. The van der Waals surface area contributed by atoms with Crippen molar-refractivity contribution in [3.8, 4) is 0 Å². The number of likely N-dealkylation sites (tertiary alicyclic amines) is 1. The first-order valence-electron chi connectivity index (χ1n) is 8.30. The lowest BCUT2D eigenvalue weighted by Gasteiger charge is -2.38. The molecule has 0 saturated carbocycles. The van der Waals surface area contributed by atoms with E-state index in [1.54, 1.807) is 30.6 Å². The molecule has 0 N–H and O–H groups in total. The summed E-state index contributed by atoms with van der Waals surface area (Å²) in [6, 6.07) is 10.1. The van der Waals surface area contributed by atoms with Crippen LogP contribution in [0.3, 0.4) is 0 Å². The Morgan fingerprint density at radius 2 is 1.92 bits per heavy atom. The van der Waals surface area contributed by atoms with Gasteiger partial charge in [0.05, 0.1) is 6.04 Å². The molecule has 3 rings (SSSR count). The van der Waals surface area contributed by atoms with Crippen molar-refractivity contribution in [3.05, 3.63) is 66.0 Å². The molecule has 1 fully saturated rings. The number of benzene rings is 1. The summed E-state index contributed by atoms with van der Waals surface area (Å²) in [7, 11) is 0.924. The second-order valence-electron chi connectivity index (χ2n) is 6.19. The number of alkyl halides is 3. The van der Waals surface area contributed by atoms with E-state index in [0.29, 0.717) is 12.8 Å². The maximum absolute atomic E-state index is 14.1. The van der Waals surface area contributed by atoms with E-state index in [2.05, 4.69) is 4.98 Å². The lowest BCUT2D eigenvalue weighted by molar-refractivity contribution is -0.270. The third kappa shape index (κ3) is 2.96. The summed E-state index contributed by atoms with van der Waals surface area (Å²) in [5.41, 5.74) is -2.53. The van der Waals surface area contributed by atoms with Crippen molar-refractivity contribution in [2.45, 2.75) is 30.7 Å². The molecule has 138 valence electrons. The molecule has 1 aromatic heterocycles. The smallest absolute Gasteiger partial charge is 0.356 e. The van der Waals surface area contributed by atoms with Crippen molar-refractivity contribution < 1.29 is 22.7 Å². The molecule has 1 amide bonds. The molecular formula is C19H19F3N2O2. The van der Waals surface area contributed by atoms with Gasteiger partial charge in [0.2, 0.25) is 0 Å². The minimum atomic E-state index is -4.90. The summed E-state index contributed by atoms with van der Waals surface area (Å²) in [4.78, 5) is 18.5. The van der Waals surface area contributed by atoms with Gasteiger partial charge in [0.15, 0.2) is 0 Å². The summed E-state index contributed by atoms with van der Waals surface area (Å²) in [6.45, 7) is 0.242. The lowest BCUT2D eigenvalue weighted by atomic mass is 9.90. The third-order valence-electron chi connectivity index (χ3n) is 4.77. The van der Waals surface area contributed by atoms with Crippen LogP contribution in [0.4, 0.5) is 13.2 Å². The second kappa shape index (κ2) is 7.07. The van der Waals surface area contributed by atoms with E-state index in [4.69, 9.17) is 4.74 Å². The molecule has 0 aliphatic carbocycles. The largest absolute Gasteiger partial charge is 0.430 e. The molecule has 1 unspecified atom stereocenters. The fourth-order valence-corrected chi connectivity index (χ4v) is 3.53. The summed E-state index contributed by atoms with van der Waals surface area (Å²) in [5, 5.41) is 0. The average Bonchev–Trinajstić information content (AvgIpc) is 3.13. The highest BCUT2D eigenvalue weighted by atomic mass is 19.4. The fourth-order valence-electron chi connectivity index (χ4n) is 3.53. The van der Waals surface area contributed by atoms with Gasteiger partial charge in [-0.3, -0.25) is 9.78 Å². The predicted octanol–water partition coefficient (Wildman–Crippen LogP) is 3.85. The molecule has 1 aliphatic heterocycles. The maximum Gasteiger partial charge on any atom is 0.430 e. The molecule has 1 saturated heterocycles. The van der Waals surface area contributed by atoms with Gasteiger partial charge in [-0.25, -0.2) is 0 Å². The number of ether oxygens (including phenoxy) is 1. The molecular weight excluding hydrogens is 345 g/mol. The first kappa shape index (κ1) is 18.4. The van der Waals surface area contributed by atoms with Crippen molar-refractivity contribution in [2.75, 3.05) is 13.7 Å². The molecule has 2 heterocycles. The Bertz CT molecular complexity index is 752. The van der Waals surface area contributed by atoms with Crippen LogP contribution in [0, 0.1) is 0 Å². The number of hydrogen-bond acceptors (Lipinski definition) is 3. The second-order valence-corrected chi connectivity index (χ2v) is 6.19. The number of methoxy groups -OCH3 is 1. The molecule has 0 radical (unpaired) electrons. The number of pyridine rings is 1. The first-order chi connectivity index (χ1) is 12.4. The van der Waals surface area contributed by atoms with Crippen LogP contribution in [0.1, 0.15) is 30.0 Å². The van der Waals surface area contributed by atoms with Gasteiger partial charge < -0.3 is 9.64 Å². The Morgan fingerprint density at radius 3 is 2.50 bits per heavy atom. The van der Waals surface area contributed by atoms with Gasteiger partial charge in [-0.15, -0.1) is 0 Å². The minimum absolute atomic E-state index is 0.225. The molecule has 4 nitrogen and oxygen atoms in total. The average molecular weight is 364 g/mol. The van der Waals surface area contributed by atoms with Crippen LogP contribution in [-0.4, -0.2) is 35.6 Å². The van der Waals surface area contributed by atoms with Crippen molar-refractivity contribution in [3.63, 3.8) is 0 Å². The molecule has 26 heavy (non-hydrogen) atoms. The molecule has 1 aliphatic rings. The highest BCUT2D eigenvalue weighted by Gasteiger charge is 2.64. The predicted molar refractivity (Wildman–Crippen MR) is 89.1 cm³/mol. The highest BCUT2D eigenvalue weighted by molar-refractivity contribution is 5.88.